The van der Waals surface area contributed by atoms with E-state index < -0.39 is 0 Å². The zero-order chi connectivity index (χ0) is 87.8. The third-order valence-electron chi connectivity index (χ3n) is 20.2. The summed E-state index contributed by atoms with van der Waals surface area (Å²) < 4.78 is 73.9. The normalized spacial score (nSPS) is 16.5. The van der Waals surface area contributed by atoms with Crippen molar-refractivity contribution in [2.75, 3.05) is 78.9 Å². The molecule has 642 valence electrons. The van der Waals surface area contributed by atoms with E-state index in [4.69, 9.17) is 40.0 Å². The summed E-state index contributed by atoms with van der Waals surface area (Å²) in [7, 11) is 0. The van der Waals surface area contributed by atoms with Crippen LogP contribution in [0, 0.1) is 109 Å². The van der Waals surface area contributed by atoms with Gasteiger partial charge in [-0.05, 0) is 243 Å². The van der Waals surface area contributed by atoms with Crippen LogP contribution < -0.4 is 60.3 Å². The summed E-state index contributed by atoms with van der Waals surface area (Å²) in [6.45, 7) is 16.2. The SMILES string of the molecule is C(#Cc1cncc(OC[C@@H]2CCN2)c1)c1ccccc1.Cc1cc(F)cc(C#Cc2cncc(OC[C@@H]3CCN3)c2)c1.Cc1cc(F)cc(C#Cc2cncc(OC[C@@H]3CCN3)c2)c1.Cc1ccc(C#Cc2cncc(OC[C@@H]3CCN3)c2)cc1.Clc1cccc(C#Cc2cncc(OC[C@@H]3CCN3)c2)c1.Fc1cccc(C#Cc2cncc(OC[C@@H]3CCN3)c2)c1. The molecule has 127 heavy (non-hydrogen) atoms. The summed E-state index contributed by atoms with van der Waals surface area (Å²) in [4.78, 5) is 24.9. The van der Waals surface area contributed by atoms with Crippen LogP contribution in [0.15, 0.2) is 250 Å². The van der Waals surface area contributed by atoms with Gasteiger partial charge in [0.1, 0.15) is 91.6 Å². The minimum atomic E-state index is -0.287. The number of halogens is 4. The number of aromatic nitrogens is 6. The summed E-state index contributed by atoms with van der Waals surface area (Å²) in [5, 5.41) is 20.4. The van der Waals surface area contributed by atoms with Gasteiger partial charge in [0.05, 0.1) is 37.2 Å². The maximum Gasteiger partial charge on any atom is 0.138 e. The highest BCUT2D eigenvalue weighted by molar-refractivity contribution is 6.30. The molecule has 12 aromatic rings. The van der Waals surface area contributed by atoms with E-state index in [0.717, 1.165) is 137 Å². The molecule has 6 aromatic heterocycles. The van der Waals surface area contributed by atoms with Crippen molar-refractivity contribution in [1.29, 1.82) is 0 Å². The summed E-state index contributed by atoms with van der Waals surface area (Å²) in [5.74, 6) is 40.0. The Morgan fingerprint density at radius 3 is 0.780 bits per heavy atom. The lowest BCUT2D eigenvalue weighted by atomic mass is 10.1. The van der Waals surface area contributed by atoms with Crippen LogP contribution in [0.5, 0.6) is 34.5 Å². The van der Waals surface area contributed by atoms with Crippen LogP contribution in [-0.2, 0) is 0 Å². The first-order valence-electron chi connectivity index (χ1n) is 42.3. The van der Waals surface area contributed by atoms with E-state index in [2.05, 4.69) is 152 Å². The molecule has 18 rings (SSSR count). The Balaban J connectivity index is 0.000000130. The molecular formula is C105H98ClF3N12O6. The van der Waals surface area contributed by atoms with Gasteiger partial charge in [-0.15, -0.1) is 0 Å². The molecule has 0 saturated carbocycles. The van der Waals surface area contributed by atoms with Crippen molar-refractivity contribution in [3.05, 3.63) is 356 Å². The van der Waals surface area contributed by atoms with Crippen molar-refractivity contribution in [2.24, 2.45) is 0 Å². The van der Waals surface area contributed by atoms with E-state index in [9.17, 15) is 13.2 Å². The highest BCUT2D eigenvalue weighted by atomic mass is 35.5. The second-order valence-corrected chi connectivity index (χ2v) is 31.2. The van der Waals surface area contributed by atoms with Gasteiger partial charge in [-0.25, -0.2) is 13.2 Å². The van der Waals surface area contributed by atoms with Crippen molar-refractivity contribution in [1.82, 2.24) is 61.8 Å². The fourth-order valence-electron chi connectivity index (χ4n) is 12.3. The van der Waals surface area contributed by atoms with Crippen molar-refractivity contribution in [2.45, 2.75) is 95.5 Å². The van der Waals surface area contributed by atoms with Gasteiger partial charge in [0, 0.05) is 145 Å². The molecule has 6 N–H and O–H groups in total. The molecular weight excluding hydrogens is 1620 g/mol. The van der Waals surface area contributed by atoms with Gasteiger partial charge in [0.15, 0.2) is 0 Å². The molecule has 0 spiro atoms. The molecule has 0 amide bonds. The van der Waals surface area contributed by atoms with E-state index in [1.54, 1.807) is 86.5 Å². The molecule has 0 unspecified atom stereocenters. The molecule has 6 aromatic carbocycles. The van der Waals surface area contributed by atoms with Gasteiger partial charge >= 0.3 is 0 Å². The predicted octanol–water partition coefficient (Wildman–Crippen LogP) is 15.3. The Labute approximate surface area is 746 Å². The molecule has 12 heterocycles. The Kier molecular flexibility index (Phi) is 35.1. The van der Waals surface area contributed by atoms with Crippen LogP contribution >= 0.6 is 11.6 Å². The second kappa shape index (κ2) is 49.1. The van der Waals surface area contributed by atoms with Gasteiger partial charge in [-0.1, -0.05) is 131 Å². The fraction of sp³-hybridized carbons (Fsp3) is 0.257. The zero-order valence-electron chi connectivity index (χ0n) is 71.0. The number of hydrogen-bond donors (Lipinski definition) is 6. The van der Waals surface area contributed by atoms with Crippen LogP contribution in [-0.4, -0.2) is 145 Å². The van der Waals surface area contributed by atoms with Crippen molar-refractivity contribution in [3.63, 3.8) is 0 Å². The number of benzene rings is 6. The highest BCUT2D eigenvalue weighted by Crippen LogP contribution is 2.22. The topological polar surface area (TPSA) is 205 Å². The average Bonchev–Trinajstić information content (AvgIpc) is 0.881. The molecule has 6 atom stereocenters. The molecule has 0 aliphatic carbocycles. The smallest absolute Gasteiger partial charge is 0.138 e. The van der Waals surface area contributed by atoms with Crippen molar-refractivity contribution in [3.8, 4) is 106 Å². The number of nitrogens with one attached hydrogen (secondary N) is 6. The first-order chi connectivity index (χ1) is 62.2. The quantitative estimate of drug-likeness (QED) is 0.0442. The molecule has 6 fully saturated rings. The monoisotopic (exact) mass is 1710 g/mol. The minimum Gasteiger partial charge on any atom is -0.490 e. The molecule has 0 radical (unpaired) electrons. The Bertz CT molecular complexity index is 5730. The van der Waals surface area contributed by atoms with Gasteiger partial charge < -0.3 is 60.3 Å². The summed E-state index contributed by atoms with van der Waals surface area (Å²) >= 11 is 5.94. The number of nitrogens with zero attached hydrogens (tertiary/aromatic N) is 6. The number of ether oxygens (including phenoxy) is 6. The van der Waals surface area contributed by atoms with Gasteiger partial charge in [-0.2, -0.15) is 0 Å². The third-order valence-corrected chi connectivity index (χ3v) is 20.4. The molecule has 0 bridgehead atoms. The first kappa shape index (κ1) is 90.9. The first-order valence-corrected chi connectivity index (χ1v) is 42.7. The number of pyridine rings is 6. The number of aryl methyl sites for hydroxylation is 3. The van der Waals surface area contributed by atoms with Crippen LogP contribution in [0.3, 0.4) is 0 Å². The standard InChI is InChI=1S/2C18H17FN2O.C18H18N2O.C17H15ClN2O.C17H15FN2O.C17H16N2O/c2*1-13-6-14(8-16(19)7-13)2-3-15-9-18(11-20-10-15)22-12-17-4-5-21-17;1-14-2-4-15(5-3-14)6-7-16-10-18(12-19-11-16)21-13-17-8-9-20-17;2*18-15-3-1-2-13(8-15)4-5-14-9-17(11-19-10-14)21-12-16-6-7-20-16;1-2-4-14(5-3-1)6-7-15-10-17(12-18-11-15)20-13-16-8-9-19-16/h2*6-11,17,21H,4-5,12H2,1H3;2-5,10-12,17,20H,8-9,13H2,1H3;2*1-3,8-11,16,20H,6-7,12H2;1-5,10-12,16,19H,8-9,13H2/t3*17-;3*16-/m000000/s1. The van der Waals surface area contributed by atoms with Crippen LogP contribution in [0.2, 0.25) is 5.02 Å². The minimum absolute atomic E-state index is 0.271. The van der Waals surface area contributed by atoms with Gasteiger partial charge in [0.25, 0.3) is 0 Å². The van der Waals surface area contributed by atoms with Crippen molar-refractivity contribution >= 4 is 11.6 Å². The predicted molar refractivity (Wildman–Crippen MR) is 490 cm³/mol. The molecule has 22 heteroatoms. The maximum atomic E-state index is 13.3. The number of hydrogen-bond acceptors (Lipinski definition) is 18. The Hall–Kier alpha value is -13.8. The van der Waals surface area contributed by atoms with Gasteiger partial charge in [-0.3, -0.25) is 29.9 Å². The van der Waals surface area contributed by atoms with E-state index in [1.807, 2.05) is 129 Å². The second-order valence-electron chi connectivity index (χ2n) is 30.7. The Morgan fingerprint density at radius 1 is 0.252 bits per heavy atom. The average molecular weight is 1720 g/mol. The molecule has 18 nitrogen and oxygen atoms in total. The maximum absolute atomic E-state index is 13.3. The van der Waals surface area contributed by atoms with Crippen molar-refractivity contribution < 1.29 is 41.6 Å². The summed E-state index contributed by atoms with van der Waals surface area (Å²) in [6, 6.07) is 55.4. The lowest BCUT2D eigenvalue weighted by molar-refractivity contribution is 0.217. The third kappa shape index (κ3) is 32.7. The number of rotatable bonds is 18. The molecule has 6 aliphatic heterocycles. The Morgan fingerprint density at radius 2 is 0.504 bits per heavy atom. The summed E-state index contributed by atoms with van der Waals surface area (Å²) in [5.41, 5.74) is 12.6. The lowest BCUT2D eigenvalue weighted by Crippen LogP contribution is -2.46. The summed E-state index contributed by atoms with van der Waals surface area (Å²) in [6.07, 6.45) is 27.4. The fourth-order valence-corrected chi connectivity index (χ4v) is 12.5. The molecule has 6 saturated heterocycles. The van der Waals surface area contributed by atoms with Crippen LogP contribution in [0.4, 0.5) is 13.2 Å². The zero-order valence-corrected chi connectivity index (χ0v) is 71.8. The van der Waals surface area contributed by atoms with Gasteiger partial charge in [0.2, 0.25) is 0 Å². The van der Waals surface area contributed by atoms with E-state index >= 15 is 0 Å². The van der Waals surface area contributed by atoms with E-state index in [0.29, 0.717) is 115 Å². The lowest BCUT2D eigenvalue weighted by Gasteiger charge is -2.27. The van der Waals surface area contributed by atoms with Crippen LogP contribution in [0.25, 0.3) is 0 Å². The highest BCUT2D eigenvalue weighted by Gasteiger charge is 2.22. The molecule has 6 aliphatic rings. The largest absolute Gasteiger partial charge is 0.490 e. The van der Waals surface area contributed by atoms with Crippen LogP contribution in [0.1, 0.15) is 122 Å². The van der Waals surface area contributed by atoms with E-state index in [1.165, 1.54) is 61.2 Å². The van der Waals surface area contributed by atoms with E-state index in [-0.39, 0.29) is 17.5 Å².